The van der Waals surface area contributed by atoms with Crippen LogP contribution in [0.4, 0.5) is 14.9 Å². The molecular formula is C25H21FN4O8S. The molecule has 2 aromatic carbocycles. The first-order valence-electron chi connectivity index (χ1n) is 11.2. The number of aromatic nitrogens is 1. The Kier molecular flexibility index (Phi) is 7.03. The van der Waals surface area contributed by atoms with E-state index in [0.29, 0.717) is 10.4 Å². The lowest BCUT2D eigenvalue weighted by Crippen LogP contribution is -2.54. The highest BCUT2D eigenvalue weighted by atomic mass is 32.2. The first-order chi connectivity index (χ1) is 18.6. The van der Waals surface area contributed by atoms with Gasteiger partial charge in [-0.05, 0) is 37.3 Å². The molecular weight excluding hydrogens is 535 g/mol. The van der Waals surface area contributed by atoms with Gasteiger partial charge in [-0.25, -0.2) is 22.6 Å². The molecule has 12 nitrogen and oxygen atoms in total. The number of methoxy groups -OCH3 is 2. The van der Waals surface area contributed by atoms with Crippen molar-refractivity contribution in [2.45, 2.75) is 17.4 Å². The Morgan fingerprint density at radius 2 is 1.90 bits per heavy atom. The summed E-state index contributed by atoms with van der Waals surface area (Å²) >= 11 is 0. The third kappa shape index (κ3) is 4.22. The van der Waals surface area contributed by atoms with Gasteiger partial charge in [0.15, 0.2) is 17.1 Å². The molecule has 2 amide bonds. The molecule has 2 N–H and O–H groups in total. The smallest absolute Gasteiger partial charge is 0.406 e. The van der Waals surface area contributed by atoms with Crippen LogP contribution in [0.5, 0.6) is 17.4 Å². The minimum atomic E-state index is -4.96. The van der Waals surface area contributed by atoms with Gasteiger partial charge in [-0.2, -0.15) is 9.57 Å². The number of carbonyl (C=O) groups excluding carboxylic acids is 1. The summed E-state index contributed by atoms with van der Waals surface area (Å²) < 4.78 is 58.7. The van der Waals surface area contributed by atoms with Gasteiger partial charge in [-0.3, -0.25) is 10.1 Å². The first-order valence-corrected chi connectivity index (χ1v) is 12.7. The van der Waals surface area contributed by atoms with Crippen LogP contribution in [-0.4, -0.2) is 51.3 Å². The number of pyridine rings is 1. The average Bonchev–Trinajstić information content (AvgIpc) is 3.16. The normalized spacial score (nSPS) is 16.3. The third-order valence-electron chi connectivity index (χ3n) is 5.96. The predicted molar refractivity (Wildman–Crippen MR) is 133 cm³/mol. The van der Waals surface area contributed by atoms with Gasteiger partial charge < -0.3 is 19.3 Å². The summed E-state index contributed by atoms with van der Waals surface area (Å²) in [6.07, 6.45) is -0.343. The lowest BCUT2D eigenvalue weighted by atomic mass is 9.83. The van der Waals surface area contributed by atoms with E-state index in [9.17, 15) is 32.8 Å². The fraction of sp³-hybridized carbons (Fsp3) is 0.200. The quantitative estimate of drug-likeness (QED) is 0.421. The summed E-state index contributed by atoms with van der Waals surface area (Å²) in [6, 6.07) is 9.89. The Morgan fingerprint density at radius 1 is 1.18 bits per heavy atom. The lowest BCUT2D eigenvalue weighted by molar-refractivity contribution is -0.121. The Labute approximate surface area is 222 Å². The van der Waals surface area contributed by atoms with Crippen LogP contribution in [0, 0.1) is 17.1 Å². The molecule has 0 bridgehead atoms. The minimum absolute atomic E-state index is 0.00674. The number of anilines is 1. The molecule has 1 unspecified atom stereocenters. The second kappa shape index (κ2) is 10.1. The highest BCUT2D eigenvalue weighted by molar-refractivity contribution is 7.93. The molecule has 0 fully saturated rings. The minimum Gasteiger partial charge on any atom is -0.495 e. The number of hydrogen-bond acceptors (Lipinski definition) is 9. The Balaban J connectivity index is 2.09. The van der Waals surface area contributed by atoms with Gasteiger partial charge in [-0.1, -0.05) is 0 Å². The highest BCUT2D eigenvalue weighted by Gasteiger charge is 2.59. The zero-order valence-corrected chi connectivity index (χ0v) is 21.6. The maximum atomic E-state index is 14.7. The third-order valence-corrected chi connectivity index (χ3v) is 7.68. The number of sulfonamides is 1. The van der Waals surface area contributed by atoms with E-state index in [0.717, 1.165) is 13.2 Å². The largest absolute Gasteiger partial charge is 0.495 e. The summed E-state index contributed by atoms with van der Waals surface area (Å²) in [7, 11) is -2.65. The number of rotatable bonds is 8. The first kappa shape index (κ1) is 27.1. The molecule has 0 spiro atoms. The summed E-state index contributed by atoms with van der Waals surface area (Å²) in [4.78, 5) is 29.8. The van der Waals surface area contributed by atoms with Crippen molar-refractivity contribution in [1.29, 1.82) is 5.26 Å². The number of hydrogen-bond donors (Lipinski definition) is 2. The van der Waals surface area contributed by atoms with Crippen LogP contribution in [0.1, 0.15) is 23.6 Å². The van der Waals surface area contributed by atoms with Gasteiger partial charge in [0, 0.05) is 23.9 Å². The van der Waals surface area contributed by atoms with Gasteiger partial charge in [-0.15, -0.1) is 0 Å². The molecule has 4 rings (SSSR count). The van der Waals surface area contributed by atoms with Gasteiger partial charge in [0.1, 0.15) is 10.6 Å². The van der Waals surface area contributed by atoms with Crippen LogP contribution in [0.15, 0.2) is 53.6 Å². The van der Waals surface area contributed by atoms with Gasteiger partial charge in [0.25, 0.3) is 15.9 Å². The number of nitrogens with zero attached hydrogens (tertiary/aromatic N) is 3. The van der Waals surface area contributed by atoms with E-state index in [1.807, 2.05) is 6.07 Å². The van der Waals surface area contributed by atoms with Crippen LogP contribution in [0.3, 0.4) is 0 Å². The van der Waals surface area contributed by atoms with Crippen molar-refractivity contribution in [1.82, 2.24) is 10.3 Å². The van der Waals surface area contributed by atoms with E-state index in [1.165, 1.54) is 43.6 Å². The van der Waals surface area contributed by atoms with E-state index in [4.69, 9.17) is 14.2 Å². The van der Waals surface area contributed by atoms with E-state index in [-0.39, 0.29) is 46.4 Å². The molecule has 0 saturated heterocycles. The van der Waals surface area contributed by atoms with Crippen molar-refractivity contribution in [3.63, 3.8) is 0 Å². The van der Waals surface area contributed by atoms with Crippen LogP contribution in [-0.2, 0) is 20.4 Å². The second-order valence-corrected chi connectivity index (χ2v) is 9.78. The van der Waals surface area contributed by atoms with E-state index in [1.54, 1.807) is 6.92 Å². The van der Waals surface area contributed by atoms with E-state index < -0.39 is 38.3 Å². The van der Waals surface area contributed by atoms with Gasteiger partial charge >= 0.3 is 6.09 Å². The van der Waals surface area contributed by atoms with Crippen molar-refractivity contribution in [2.75, 3.05) is 25.1 Å². The number of benzene rings is 2. The number of fused-ring (bicyclic) bond motifs is 1. The van der Waals surface area contributed by atoms with Crippen molar-refractivity contribution in [3.8, 4) is 23.4 Å². The fourth-order valence-corrected chi connectivity index (χ4v) is 5.99. The SMILES string of the molecule is CCOc1ncccc1C1(NC(=O)O)C(=O)N(S(=O)(=O)c2cc(F)c(OC)cc2OC)c2ccc(C#N)cc21. The monoisotopic (exact) mass is 556 g/mol. The second-order valence-electron chi connectivity index (χ2n) is 8.03. The van der Waals surface area contributed by atoms with E-state index in [2.05, 4.69) is 10.3 Å². The molecule has 2 heterocycles. The number of nitriles is 1. The number of amides is 2. The predicted octanol–water partition coefficient (Wildman–Crippen LogP) is 2.75. The van der Waals surface area contributed by atoms with Gasteiger partial charge in [0.05, 0.1) is 43.7 Å². The van der Waals surface area contributed by atoms with Crippen LogP contribution >= 0.6 is 0 Å². The Bertz CT molecular complexity index is 1640. The summed E-state index contributed by atoms with van der Waals surface area (Å²) in [6.45, 7) is 1.71. The molecule has 0 radical (unpaired) electrons. The molecule has 39 heavy (non-hydrogen) atoms. The zero-order valence-electron chi connectivity index (χ0n) is 20.8. The molecule has 1 aliphatic heterocycles. The Morgan fingerprint density at radius 3 is 2.51 bits per heavy atom. The number of halogens is 1. The van der Waals surface area contributed by atoms with Crippen molar-refractivity contribution >= 4 is 27.7 Å². The summed E-state index contributed by atoms with van der Waals surface area (Å²) in [5.41, 5.74) is -3.00. The van der Waals surface area contributed by atoms with E-state index >= 15 is 0 Å². The number of ether oxygens (including phenoxy) is 3. The summed E-state index contributed by atoms with van der Waals surface area (Å²) in [5.74, 6) is -3.14. The molecule has 0 saturated carbocycles. The summed E-state index contributed by atoms with van der Waals surface area (Å²) in [5, 5.41) is 21.5. The maximum absolute atomic E-state index is 14.7. The molecule has 3 aromatic rings. The zero-order chi connectivity index (χ0) is 28.5. The number of nitrogens with one attached hydrogen (secondary N) is 1. The lowest BCUT2D eigenvalue weighted by Gasteiger charge is -2.30. The number of carbonyl (C=O) groups is 2. The van der Waals surface area contributed by atoms with Gasteiger partial charge in [0.2, 0.25) is 5.88 Å². The van der Waals surface area contributed by atoms with Crippen molar-refractivity contribution in [2.24, 2.45) is 0 Å². The molecule has 1 aliphatic rings. The fourth-order valence-electron chi connectivity index (χ4n) is 4.37. The van der Waals surface area contributed by atoms with Crippen LogP contribution in [0.2, 0.25) is 0 Å². The van der Waals surface area contributed by atoms with Crippen molar-refractivity contribution < 1.29 is 41.7 Å². The van der Waals surface area contributed by atoms with Crippen molar-refractivity contribution in [3.05, 3.63) is 71.2 Å². The standard InChI is InChI=1S/C25H21FN4O8S/c1-4-38-22-15(6-5-9-28-22)25(29-24(32)33)16-10-14(13-27)7-8-18(16)30(23(25)31)39(34,35)21-11-17(26)19(36-2)12-20(21)37-3/h5-12,29H,4H2,1-3H3,(H,32,33). The molecule has 1 atom stereocenters. The molecule has 1 aromatic heterocycles. The maximum Gasteiger partial charge on any atom is 0.406 e. The highest BCUT2D eigenvalue weighted by Crippen LogP contribution is 2.50. The molecule has 202 valence electrons. The molecule has 14 heteroatoms. The van der Waals surface area contributed by atoms with Crippen LogP contribution < -0.4 is 23.8 Å². The number of carboxylic acid groups (broad SMARTS) is 1. The topological polar surface area (TPSA) is 168 Å². The Hall–Kier alpha value is -4.90. The van der Waals surface area contributed by atoms with Crippen LogP contribution in [0.25, 0.3) is 0 Å². The molecule has 0 aliphatic carbocycles. The average molecular weight is 557 g/mol.